The van der Waals surface area contributed by atoms with Crippen LogP contribution in [0.4, 0.5) is 5.69 Å². The Labute approximate surface area is 122 Å². The summed E-state index contributed by atoms with van der Waals surface area (Å²) in [4.78, 5) is 0. The Morgan fingerprint density at radius 2 is 2.25 bits per heavy atom. The molecule has 2 N–H and O–H groups in total. The monoisotopic (exact) mass is 334 g/mol. The van der Waals surface area contributed by atoms with Gasteiger partial charge in [-0.3, -0.25) is 0 Å². The lowest BCUT2D eigenvalue weighted by Crippen LogP contribution is -2.41. The lowest BCUT2D eigenvalue weighted by molar-refractivity contribution is 0.372. The summed E-state index contributed by atoms with van der Waals surface area (Å²) in [5, 5.41) is 1.52. The molecule has 110 valence electrons. The summed E-state index contributed by atoms with van der Waals surface area (Å²) in [6.07, 6.45) is 5.49. The predicted molar refractivity (Wildman–Crippen MR) is 78.5 cm³/mol. The number of anilines is 1. The van der Waals surface area contributed by atoms with E-state index >= 15 is 0 Å². The van der Waals surface area contributed by atoms with Gasteiger partial charge in [-0.1, -0.05) is 5.92 Å². The van der Waals surface area contributed by atoms with Gasteiger partial charge in [0, 0.05) is 17.1 Å². The molecule has 0 aromatic carbocycles. The number of nitrogens with zero attached hydrogens (tertiary/aromatic N) is 1. The molecule has 20 heavy (non-hydrogen) atoms. The molecule has 1 aliphatic heterocycles. The second kappa shape index (κ2) is 5.37. The molecule has 0 amide bonds. The van der Waals surface area contributed by atoms with Crippen LogP contribution in [-0.4, -0.2) is 45.2 Å². The van der Waals surface area contributed by atoms with E-state index < -0.39 is 25.9 Å². The first-order valence-electron chi connectivity index (χ1n) is 5.76. The zero-order chi connectivity index (χ0) is 15.0. The topological polar surface area (TPSA) is 97.5 Å². The standard InChI is InChI=1S/C11H14N2O4S3/c1-2-4-13(10-3-5-19(14,15)8-10)20(16,17)11-6-9(12)7-18-11/h1,6-7,10H,3-5,8,12H2. The van der Waals surface area contributed by atoms with Crippen LogP contribution in [0.2, 0.25) is 0 Å². The van der Waals surface area contributed by atoms with E-state index in [0.717, 1.165) is 15.6 Å². The molecular formula is C11H14N2O4S3. The van der Waals surface area contributed by atoms with E-state index in [1.54, 1.807) is 0 Å². The fourth-order valence-corrected chi connectivity index (χ4v) is 6.68. The van der Waals surface area contributed by atoms with Gasteiger partial charge in [0.1, 0.15) is 4.21 Å². The number of nitrogens with two attached hydrogens (primary N) is 1. The molecule has 9 heteroatoms. The van der Waals surface area contributed by atoms with E-state index in [0.29, 0.717) is 5.69 Å². The predicted octanol–water partition coefficient (Wildman–Crippen LogP) is 0.141. The first-order chi connectivity index (χ1) is 9.26. The summed E-state index contributed by atoms with van der Waals surface area (Å²) in [6, 6.07) is 0.747. The van der Waals surface area contributed by atoms with Crippen molar-refractivity contribution in [2.75, 3.05) is 23.8 Å². The number of sulfone groups is 1. The van der Waals surface area contributed by atoms with Crippen LogP contribution in [0.3, 0.4) is 0 Å². The van der Waals surface area contributed by atoms with Crippen molar-refractivity contribution in [1.29, 1.82) is 0 Å². The van der Waals surface area contributed by atoms with Crippen molar-refractivity contribution in [2.24, 2.45) is 0 Å². The fraction of sp³-hybridized carbons (Fsp3) is 0.455. The number of nitrogen functional groups attached to an aromatic ring is 1. The Balaban J connectivity index is 2.37. The van der Waals surface area contributed by atoms with Crippen molar-refractivity contribution in [3.63, 3.8) is 0 Å². The minimum Gasteiger partial charge on any atom is -0.398 e. The number of hydrogen-bond acceptors (Lipinski definition) is 6. The third-order valence-electron chi connectivity index (χ3n) is 3.02. The normalized spacial score (nSPS) is 21.9. The maximum absolute atomic E-state index is 12.5. The van der Waals surface area contributed by atoms with Gasteiger partial charge in [-0.05, 0) is 12.5 Å². The van der Waals surface area contributed by atoms with Crippen LogP contribution in [0.15, 0.2) is 15.7 Å². The quantitative estimate of drug-likeness (QED) is 0.790. The van der Waals surface area contributed by atoms with E-state index in [2.05, 4.69) is 5.92 Å². The largest absolute Gasteiger partial charge is 0.398 e. The van der Waals surface area contributed by atoms with Crippen molar-refractivity contribution in [2.45, 2.75) is 16.7 Å². The van der Waals surface area contributed by atoms with E-state index in [4.69, 9.17) is 12.2 Å². The van der Waals surface area contributed by atoms with Crippen LogP contribution < -0.4 is 5.73 Å². The molecule has 2 rings (SSSR count). The molecule has 0 aliphatic carbocycles. The smallest absolute Gasteiger partial charge is 0.253 e. The summed E-state index contributed by atoms with van der Waals surface area (Å²) in [7, 11) is -7.00. The van der Waals surface area contributed by atoms with Crippen LogP contribution in [-0.2, 0) is 19.9 Å². The van der Waals surface area contributed by atoms with E-state index in [-0.39, 0.29) is 28.7 Å². The van der Waals surface area contributed by atoms with Gasteiger partial charge in [0.05, 0.1) is 18.1 Å². The van der Waals surface area contributed by atoms with Crippen LogP contribution in [0.25, 0.3) is 0 Å². The van der Waals surface area contributed by atoms with Crippen molar-refractivity contribution < 1.29 is 16.8 Å². The molecular weight excluding hydrogens is 320 g/mol. The number of sulfonamides is 1. The Bertz CT molecular complexity index is 743. The van der Waals surface area contributed by atoms with Crippen LogP contribution in [0, 0.1) is 12.3 Å². The first-order valence-corrected chi connectivity index (χ1v) is 9.90. The van der Waals surface area contributed by atoms with Crippen LogP contribution in [0.5, 0.6) is 0 Å². The average molecular weight is 334 g/mol. The van der Waals surface area contributed by atoms with Gasteiger partial charge >= 0.3 is 0 Å². The summed E-state index contributed by atoms with van der Waals surface area (Å²) in [6.45, 7) is -0.152. The highest BCUT2D eigenvalue weighted by molar-refractivity contribution is 7.92. The Kier molecular flexibility index (Phi) is 4.11. The Morgan fingerprint density at radius 1 is 1.55 bits per heavy atom. The number of hydrogen-bond donors (Lipinski definition) is 1. The zero-order valence-electron chi connectivity index (χ0n) is 10.5. The molecule has 1 aromatic rings. The molecule has 1 saturated heterocycles. The summed E-state index contributed by atoms with van der Waals surface area (Å²) < 4.78 is 49.3. The maximum Gasteiger partial charge on any atom is 0.253 e. The fourth-order valence-electron chi connectivity index (χ4n) is 2.08. The lowest BCUT2D eigenvalue weighted by atomic mass is 10.3. The highest BCUT2D eigenvalue weighted by Gasteiger charge is 2.38. The molecule has 1 aromatic heterocycles. The van der Waals surface area contributed by atoms with Gasteiger partial charge in [-0.2, -0.15) is 4.31 Å². The van der Waals surface area contributed by atoms with Crippen molar-refractivity contribution in [1.82, 2.24) is 4.31 Å². The molecule has 6 nitrogen and oxygen atoms in total. The summed E-state index contributed by atoms with van der Waals surface area (Å²) in [5.74, 6) is 2.08. The molecule has 1 fully saturated rings. The molecule has 1 aliphatic rings. The van der Waals surface area contributed by atoms with Crippen molar-refractivity contribution >= 4 is 36.9 Å². The van der Waals surface area contributed by atoms with Crippen LogP contribution in [0.1, 0.15) is 6.42 Å². The molecule has 0 saturated carbocycles. The molecule has 0 radical (unpaired) electrons. The Morgan fingerprint density at radius 3 is 2.70 bits per heavy atom. The summed E-state index contributed by atoms with van der Waals surface area (Å²) in [5.41, 5.74) is 5.89. The minimum absolute atomic E-state index is 0.0131. The third kappa shape index (κ3) is 2.98. The van der Waals surface area contributed by atoms with Gasteiger partial charge < -0.3 is 5.73 Å². The molecule has 0 spiro atoms. The van der Waals surface area contributed by atoms with E-state index in [9.17, 15) is 16.8 Å². The first kappa shape index (κ1) is 15.3. The van der Waals surface area contributed by atoms with Crippen molar-refractivity contribution in [3.8, 4) is 12.3 Å². The second-order valence-corrected chi connectivity index (χ2v) is 9.77. The zero-order valence-corrected chi connectivity index (χ0v) is 13.0. The molecule has 2 heterocycles. The number of thiophene rings is 1. The molecule has 1 atom stereocenters. The number of terminal acetylenes is 1. The third-order valence-corrected chi connectivity index (χ3v) is 8.10. The van der Waals surface area contributed by atoms with Gasteiger partial charge in [-0.15, -0.1) is 17.8 Å². The van der Waals surface area contributed by atoms with Gasteiger partial charge in [-0.25, -0.2) is 16.8 Å². The van der Waals surface area contributed by atoms with E-state index in [1.807, 2.05) is 0 Å². The average Bonchev–Trinajstić information content (AvgIpc) is 2.92. The van der Waals surface area contributed by atoms with Crippen LogP contribution >= 0.6 is 11.3 Å². The van der Waals surface area contributed by atoms with Crippen molar-refractivity contribution in [3.05, 3.63) is 11.4 Å². The molecule has 1 unspecified atom stereocenters. The Hall–Kier alpha value is -1.08. The highest BCUT2D eigenvalue weighted by atomic mass is 32.2. The lowest BCUT2D eigenvalue weighted by Gasteiger charge is -2.24. The second-order valence-electron chi connectivity index (χ2n) is 4.51. The maximum atomic E-state index is 12.5. The van der Waals surface area contributed by atoms with Gasteiger partial charge in [0.25, 0.3) is 10.0 Å². The molecule has 0 bridgehead atoms. The minimum atomic E-state index is -3.81. The SMILES string of the molecule is C#CCN(C1CCS(=O)(=O)C1)S(=O)(=O)c1cc(N)cs1. The number of rotatable bonds is 4. The highest BCUT2D eigenvalue weighted by Crippen LogP contribution is 2.29. The van der Waals surface area contributed by atoms with E-state index in [1.165, 1.54) is 11.4 Å². The van der Waals surface area contributed by atoms with Gasteiger partial charge in [0.2, 0.25) is 0 Å². The summed E-state index contributed by atoms with van der Waals surface area (Å²) >= 11 is 0.997. The van der Waals surface area contributed by atoms with Gasteiger partial charge in [0.15, 0.2) is 9.84 Å².